The van der Waals surface area contributed by atoms with Gasteiger partial charge in [-0.3, -0.25) is 4.79 Å². The van der Waals surface area contributed by atoms with Gasteiger partial charge in [0.25, 0.3) is 0 Å². The average molecular weight is 317 g/mol. The maximum absolute atomic E-state index is 10.5. The molecule has 1 N–H and O–H groups in total. The molecule has 4 nitrogen and oxygen atoms in total. The largest absolute Gasteiger partial charge is 0.496 e. The number of ether oxygens (including phenoxy) is 2. The van der Waals surface area contributed by atoms with E-state index in [1.165, 1.54) is 0 Å². The number of rotatable bonds is 6. The zero-order valence-corrected chi connectivity index (χ0v) is 12.3. The van der Waals surface area contributed by atoms with Crippen LogP contribution in [0.4, 0.5) is 0 Å². The summed E-state index contributed by atoms with van der Waals surface area (Å²) in [7, 11) is 3.22. The molecule has 0 bridgehead atoms. The van der Waals surface area contributed by atoms with Crippen LogP contribution in [0.1, 0.15) is 24.0 Å². The van der Waals surface area contributed by atoms with Crippen LogP contribution in [-0.2, 0) is 11.2 Å². The van der Waals surface area contributed by atoms with Crippen molar-refractivity contribution in [2.24, 2.45) is 0 Å². The fraction of sp³-hybridized carbons (Fsp3) is 0.462. The molecule has 0 atom stereocenters. The van der Waals surface area contributed by atoms with Gasteiger partial charge in [-0.1, -0.05) is 0 Å². The number of methoxy groups -OCH3 is 2. The molecule has 0 heterocycles. The van der Waals surface area contributed by atoms with Gasteiger partial charge in [-0.05, 0) is 47.3 Å². The zero-order chi connectivity index (χ0) is 13.7. The molecule has 0 aliphatic rings. The summed E-state index contributed by atoms with van der Waals surface area (Å²) in [6.45, 7) is 1.94. The lowest BCUT2D eigenvalue weighted by molar-refractivity contribution is -0.137. The second-order valence-electron chi connectivity index (χ2n) is 3.96. The Morgan fingerprint density at radius 1 is 1.39 bits per heavy atom. The Kier molecular flexibility index (Phi) is 5.47. The SMILES string of the molecule is COc1cc(CCCC(=O)O)c(OC)c(Br)c1C. The van der Waals surface area contributed by atoms with Crippen LogP contribution in [0.5, 0.6) is 11.5 Å². The van der Waals surface area contributed by atoms with Crippen molar-refractivity contribution in [2.75, 3.05) is 14.2 Å². The van der Waals surface area contributed by atoms with Gasteiger partial charge >= 0.3 is 5.97 Å². The van der Waals surface area contributed by atoms with Crippen LogP contribution >= 0.6 is 15.9 Å². The van der Waals surface area contributed by atoms with Crippen molar-refractivity contribution in [3.05, 3.63) is 21.7 Å². The summed E-state index contributed by atoms with van der Waals surface area (Å²) in [5, 5.41) is 8.65. The molecule has 18 heavy (non-hydrogen) atoms. The van der Waals surface area contributed by atoms with Crippen molar-refractivity contribution < 1.29 is 19.4 Å². The van der Waals surface area contributed by atoms with Gasteiger partial charge < -0.3 is 14.6 Å². The van der Waals surface area contributed by atoms with Crippen molar-refractivity contribution in [1.82, 2.24) is 0 Å². The molecule has 0 radical (unpaired) electrons. The van der Waals surface area contributed by atoms with Crippen LogP contribution in [0.2, 0.25) is 0 Å². The topological polar surface area (TPSA) is 55.8 Å². The zero-order valence-electron chi connectivity index (χ0n) is 10.7. The minimum absolute atomic E-state index is 0.150. The van der Waals surface area contributed by atoms with E-state index < -0.39 is 5.97 Å². The molecule has 0 aliphatic carbocycles. The van der Waals surface area contributed by atoms with Crippen LogP contribution < -0.4 is 9.47 Å². The number of aryl methyl sites for hydroxylation is 1. The molecular weight excluding hydrogens is 300 g/mol. The standard InChI is InChI=1S/C13H17BrO4/c1-8-10(17-2)7-9(5-4-6-11(15)16)13(18-3)12(8)14/h7H,4-6H2,1-3H3,(H,15,16). The number of halogens is 1. The molecular formula is C13H17BrO4. The highest BCUT2D eigenvalue weighted by molar-refractivity contribution is 9.10. The lowest BCUT2D eigenvalue weighted by Gasteiger charge is -2.15. The Bertz CT molecular complexity index is 443. The maximum atomic E-state index is 10.5. The summed E-state index contributed by atoms with van der Waals surface area (Å²) >= 11 is 3.48. The molecule has 0 saturated carbocycles. The second-order valence-corrected chi connectivity index (χ2v) is 4.75. The van der Waals surface area contributed by atoms with Gasteiger partial charge in [-0.15, -0.1) is 0 Å². The molecule has 100 valence electrons. The number of aliphatic carboxylic acids is 1. The molecule has 5 heteroatoms. The quantitative estimate of drug-likeness (QED) is 0.875. The van der Waals surface area contributed by atoms with E-state index in [4.69, 9.17) is 14.6 Å². The van der Waals surface area contributed by atoms with Crippen molar-refractivity contribution >= 4 is 21.9 Å². The van der Waals surface area contributed by atoms with Crippen molar-refractivity contribution in [1.29, 1.82) is 0 Å². The highest BCUT2D eigenvalue weighted by Crippen LogP contribution is 2.38. The normalized spacial score (nSPS) is 10.2. The number of carboxylic acid groups (broad SMARTS) is 1. The number of hydrogen-bond acceptors (Lipinski definition) is 3. The first-order valence-electron chi connectivity index (χ1n) is 5.63. The van der Waals surface area contributed by atoms with Gasteiger partial charge in [-0.25, -0.2) is 0 Å². The molecule has 1 aromatic carbocycles. The first-order valence-corrected chi connectivity index (χ1v) is 6.42. The average Bonchev–Trinajstić information content (AvgIpc) is 2.33. The van der Waals surface area contributed by atoms with E-state index in [9.17, 15) is 4.79 Å². The number of carbonyl (C=O) groups is 1. The Hall–Kier alpha value is -1.23. The Morgan fingerprint density at radius 2 is 2.06 bits per heavy atom. The monoisotopic (exact) mass is 316 g/mol. The summed E-state index contributed by atoms with van der Waals surface area (Å²) in [6.07, 6.45) is 1.37. The molecule has 0 aromatic heterocycles. The molecule has 0 fully saturated rings. The van der Waals surface area contributed by atoms with Crippen LogP contribution in [0, 0.1) is 6.92 Å². The van der Waals surface area contributed by atoms with Gasteiger partial charge in [0.15, 0.2) is 0 Å². The first kappa shape index (κ1) is 14.8. The highest BCUT2D eigenvalue weighted by atomic mass is 79.9. The van der Waals surface area contributed by atoms with Crippen LogP contribution in [0.3, 0.4) is 0 Å². The molecule has 0 saturated heterocycles. The number of carboxylic acids is 1. The van der Waals surface area contributed by atoms with Gasteiger partial charge in [0.05, 0.1) is 18.7 Å². The molecule has 0 amide bonds. The fourth-order valence-corrected chi connectivity index (χ4v) is 2.41. The van der Waals surface area contributed by atoms with E-state index in [0.29, 0.717) is 12.8 Å². The molecule has 1 aromatic rings. The highest BCUT2D eigenvalue weighted by Gasteiger charge is 2.15. The van der Waals surface area contributed by atoms with E-state index in [-0.39, 0.29) is 6.42 Å². The summed E-state index contributed by atoms with van der Waals surface area (Å²) in [4.78, 5) is 10.5. The molecule has 0 aliphatic heterocycles. The summed E-state index contributed by atoms with van der Waals surface area (Å²) in [6, 6.07) is 1.90. The summed E-state index contributed by atoms with van der Waals surface area (Å²) < 4.78 is 11.5. The fourth-order valence-electron chi connectivity index (χ4n) is 1.80. The summed E-state index contributed by atoms with van der Waals surface area (Å²) in [5.74, 6) is 0.735. The van der Waals surface area contributed by atoms with E-state index in [1.807, 2.05) is 13.0 Å². The van der Waals surface area contributed by atoms with Crippen molar-refractivity contribution in [3.63, 3.8) is 0 Å². The van der Waals surface area contributed by atoms with E-state index >= 15 is 0 Å². The number of hydrogen-bond donors (Lipinski definition) is 1. The first-order chi connectivity index (χ1) is 8.51. The predicted molar refractivity (Wildman–Crippen MR) is 72.6 cm³/mol. The smallest absolute Gasteiger partial charge is 0.303 e. The predicted octanol–water partition coefficient (Wildman–Crippen LogP) is 3.18. The summed E-state index contributed by atoms with van der Waals surface area (Å²) in [5.41, 5.74) is 1.92. The van der Waals surface area contributed by atoms with Crippen LogP contribution in [-0.4, -0.2) is 25.3 Å². The van der Waals surface area contributed by atoms with Gasteiger partial charge in [-0.2, -0.15) is 0 Å². The third-order valence-corrected chi connectivity index (χ3v) is 3.71. The Balaban J connectivity index is 3.01. The lowest BCUT2D eigenvalue weighted by Crippen LogP contribution is -2.00. The van der Waals surface area contributed by atoms with Gasteiger partial charge in [0.1, 0.15) is 11.5 Å². The second kappa shape index (κ2) is 6.64. The Morgan fingerprint density at radius 3 is 2.56 bits per heavy atom. The lowest BCUT2D eigenvalue weighted by atomic mass is 10.0. The third-order valence-electron chi connectivity index (χ3n) is 2.76. The van der Waals surface area contributed by atoms with Gasteiger partial charge in [0, 0.05) is 12.0 Å². The molecule has 0 unspecified atom stereocenters. The molecule has 1 rings (SSSR count). The van der Waals surface area contributed by atoms with E-state index in [2.05, 4.69) is 15.9 Å². The van der Waals surface area contributed by atoms with Crippen LogP contribution in [0.25, 0.3) is 0 Å². The maximum Gasteiger partial charge on any atom is 0.303 e. The Labute approximate surface area is 115 Å². The van der Waals surface area contributed by atoms with Crippen molar-refractivity contribution in [3.8, 4) is 11.5 Å². The number of benzene rings is 1. The van der Waals surface area contributed by atoms with Gasteiger partial charge in [0.2, 0.25) is 0 Å². The minimum atomic E-state index is -0.785. The van der Waals surface area contributed by atoms with Crippen molar-refractivity contribution in [2.45, 2.75) is 26.2 Å². The van der Waals surface area contributed by atoms with E-state index in [0.717, 1.165) is 27.1 Å². The van der Waals surface area contributed by atoms with Crippen LogP contribution in [0.15, 0.2) is 10.5 Å². The minimum Gasteiger partial charge on any atom is -0.496 e. The molecule has 0 spiro atoms. The third kappa shape index (κ3) is 3.38. The van der Waals surface area contributed by atoms with E-state index in [1.54, 1.807) is 14.2 Å².